The summed E-state index contributed by atoms with van der Waals surface area (Å²) in [6.45, 7) is 1.71. The number of carbonyl (C=O) groups is 1. The van der Waals surface area contributed by atoms with Crippen molar-refractivity contribution in [2.24, 2.45) is 0 Å². The van der Waals surface area contributed by atoms with Gasteiger partial charge in [-0.3, -0.25) is 4.79 Å². The van der Waals surface area contributed by atoms with Crippen molar-refractivity contribution in [2.75, 3.05) is 7.05 Å². The van der Waals surface area contributed by atoms with Crippen molar-refractivity contribution in [3.8, 4) is 0 Å². The average Bonchev–Trinajstić information content (AvgIpc) is 2.16. The van der Waals surface area contributed by atoms with Gasteiger partial charge in [-0.2, -0.15) is 0 Å². The molecular formula is C11H15NO2. The van der Waals surface area contributed by atoms with E-state index in [9.17, 15) is 9.90 Å². The molecule has 1 rings (SSSR count). The molecule has 0 aromatic heterocycles. The van der Waals surface area contributed by atoms with Crippen LogP contribution >= 0.6 is 0 Å². The fraction of sp³-hybridized carbons (Fsp3) is 0.364. The van der Waals surface area contributed by atoms with Gasteiger partial charge in [0.15, 0.2) is 0 Å². The highest BCUT2D eigenvalue weighted by Crippen LogP contribution is 2.10. The van der Waals surface area contributed by atoms with Crippen LogP contribution in [0, 0.1) is 0 Å². The molecule has 3 heteroatoms. The molecule has 0 saturated heterocycles. The van der Waals surface area contributed by atoms with Gasteiger partial charge in [-0.25, -0.2) is 0 Å². The van der Waals surface area contributed by atoms with Gasteiger partial charge >= 0.3 is 0 Å². The van der Waals surface area contributed by atoms with Gasteiger partial charge in [0.1, 0.15) is 0 Å². The Morgan fingerprint density at radius 3 is 2.71 bits per heavy atom. The summed E-state index contributed by atoms with van der Waals surface area (Å²) in [6.07, 6.45) is 0.0738. The van der Waals surface area contributed by atoms with E-state index in [1.54, 1.807) is 20.0 Å². The van der Waals surface area contributed by atoms with E-state index in [2.05, 4.69) is 5.32 Å². The van der Waals surface area contributed by atoms with Gasteiger partial charge in [-0.05, 0) is 25.0 Å². The molecule has 0 aliphatic rings. The van der Waals surface area contributed by atoms with Crippen LogP contribution in [0.1, 0.15) is 22.8 Å². The summed E-state index contributed by atoms with van der Waals surface area (Å²) < 4.78 is 0. The first kappa shape index (κ1) is 10.7. The van der Waals surface area contributed by atoms with E-state index >= 15 is 0 Å². The van der Waals surface area contributed by atoms with Crippen molar-refractivity contribution >= 4 is 5.91 Å². The first-order valence-corrected chi connectivity index (χ1v) is 4.63. The molecule has 14 heavy (non-hydrogen) atoms. The third kappa shape index (κ3) is 2.57. The van der Waals surface area contributed by atoms with E-state index in [0.29, 0.717) is 12.0 Å². The molecule has 1 aromatic rings. The van der Waals surface area contributed by atoms with Crippen molar-refractivity contribution in [2.45, 2.75) is 19.4 Å². The standard InChI is InChI=1S/C11H15NO2/c1-8(13)7-9-5-3-4-6-10(9)11(14)12-2/h3-6,8,13H,7H2,1-2H3,(H,12,14)/t8-/m0/s1. The highest BCUT2D eigenvalue weighted by Gasteiger charge is 2.10. The Balaban J connectivity index is 2.97. The number of aliphatic hydroxyl groups is 1. The van der Waals surface area contributed by atoms with Gasteiger partial charge in [-0.1, -0.05) is 18.2 Å². The number of hydrogen-bond donors (Lipinski definition) is 2. The molecule has 2 N–H and O–H groups in total. The molecule has 1 aromatic carbocycles. The SMILES string of the molecule is CNC(=O)c1ccccc1C[C@H](C)O. The third-order valence-electron chi connectivity index (χ3n) is 2.00. The molecule has 76 valence electrons. The number of nitrogens with one attached hydrogen (secondary N) is 1. The molecule has 1 amide bonds. The van der Waals surface area contributed by atoms with Crippen LogP contribution in [0.25, 0.3) is 0 Å². The molecular weight excluding hydrogens is 178 g/mol. The fourth-order valence-corrected chi connectivity index (χ4v) is 1.37. The van der Waals surface area contributed by atoms with Crippen LogP contribution in [-0.2, 0) is 6.42 Å². The maximum atomic E-state index is 11.4. The van der Waals surface area contributed by atoms with E-state index in [-0.39, 0.29) is 5.91 Å². The molecule has 0 spiro atoms. The minimum atomic E-state index is -0.430. The molecule has 0 fully saturated rings. The number of amides is 1. The van der Waals surface area contributed by atoms with Crippen LogP contribution in [0.4, 0.5) is 0 Å². The molecule has 0 saturated carbocycles. The summed E-state index contributed by atoms with van der Waals surface area (Å²) >= 11 is 0. The van der Waals surface area contributed by atoms with E-state index in [4.69, 9.17) is 0 Å². The maximum Gasteiger partial charge on any atom is 0.251 e. The number of carbonyl (C=O) groups excluding carboxylic acids is 1. The van der Waals surface area contributed by atoms with Crippen molar-refractivity contribution in [3.63, 3.8) is 0 Å². The lowest BCUT2D eigenvalue weighted by atomic mass is 10.0. The van der Waals surface area contributed by atoms with Gasteiger partial charge in [0.05, 0.1) is 6.10 Å². The molecule has 0 bridgehead atoms. The number of aliphatic hydroxyl groups excluding tert-OH is 1. The summed E-state index contributed by atoms with van der Waals surface area (Å²) in [5.74, 6) is -0.110. The quantitative estimate of drug-likeness (QED) is 0.751. The minimum absolute atomic E-state index is 0.110. The van der Waals surface area contributed by atoms with E-state index < -0.39 is 6.10 Å². The van der Waals surface area contributed by atoms with E-state index in [1.165, 1.54) is 0 Å². The summed E-state index contributed by atoms with van der Waals surface area (Å²) in [4.78, 5) is 11.4. The maximum absolute atomic E-state index is 11.4. The first-order valence-electron chi connectivity index (χ1n) is 4.63. The van der Waals surface area contributed by atoms with Crippen LogP contribution in [0.5, 0.6) is 0 Å². The molecule has 0 radical (unpaired) electrons. The summed E-state index contributed by atoms with van der Waals surface area (Å²) in [7, 11) is 1.60. The van der Waals surface area contributed by atoms with Crippen molar-refractivity contribution in [3.05, 3.63) is 35.4 Å². The van der Waals surface area contributed by atoms with Gasteiger partial charge in [0, 0.05) is 12.6 Å². The minimum Gasteiger partial charge on any atom is -0.393 e. The highest BCUT2D eigenvalue weighted by molar-refractivity contribution is 5.95. The Hall–Kier alpha value is -1.35. The predicted octanol–water partition coefficient (Wildman–Crippen LogP) is 0.970. The van der Waals surface area contributed by atoms with E-state index in [0.717, 1.165) is 5.56 Å². The summed E-state index contributed by atoms with van der Waals surface area (Å²) in [5.41, 5.74) is 1.51. The van der Waals surface area contributed by atoms with Gasteiger partial charge in [-0.15, -0.1) is 0 Å². The van der Waals surface area contributed by atoms with Crippen LogP contribution in [-0.4, -0.2) is 24.2 Å². The lowest BCUT2D eigenvalue weighted by Gasteiger charge is -2.09. The zero-order valence-corrected chi connectivity index (χ0v) is 8.45. The zero-order chi connectivity index (χ0) is 10.6. The number of rotatable bonds is 3. The second kappa shape index (κ2) is 4.77. The van der Waals surface area contributed by atoms with Crippen LogP contribution in [0.15, 0.2) is 24.3 Å². The van der Waals surface area contributed by atoms with Crippen molar-refractivity contribution in [1.82, 2.24) is 5.32 Å². The monoisotopic (exact) mass is 193 g/mol. The smallest absolute Gasteiger partial charge is 0.251 e. The van der Waals surface area contributed by atoms with Gasteiger partial charge in [0.25, 0.3) is 5.91 Å². The van der Waals surface area contributed by atoms with Crippen LogP contribution in [0.2, 0.25) is 0 Å². The lowest BCUT2D eigenvalue weighted by molar-refractivity contribution is 0.0961. The molecule has 0 aliphatic carbocycles. The Bertz CT molecular complexity index is 321. The fourth-order valence-electron chi connectivity index (χ4n) is 1.37. The molecule has 1 atom stereocenters. The van der Waals surface area contributed by atoms with Crippen molar-refractivity contribution < 1.29 is 9.90 Å². The number of benzene rings is 1. The third-order valence-corrected chi connectivity index (χ3v) is 2.00. The van der Waals surface area contributed by atoms with Gasteiger partial charge < -0.3 is 10.4 Å². The summed E-state index contributed by atoms with van der Waals surface area (Å²) in [6, 6.07) is 7.30. The predicted molar refractivity (Wildman–Crippen MR) is 55.2 cm³/mol. The Kier molecular flexibility index (Phi) is 3.65. The number of hydrogen-bond acceptors (Lipinski definition) is 2. The second-order valence-electron chi connectivity index (χ2n) is 3.29. The van der Waals surface area contributed by atoms with Gasteiger partial charge in [0.2, 0.25) is 0 Å². The summed E-state index contributed by atoms with van der Waals surface area (Å²) in [5, 5.41) is 11.8. The molecule has 3 nitrogen and oxygen atoms in total. The molecule has 0 aliphatic heterocycles. The first-order chi connectivity index (χ1) is 6.65. The zero-order valence-electron chi connectivity index (χ0n) is 8.45. The Morgan fingerprint density at radius 1 is 1.50 bits per heavy atom. The topological polar surface area (TPSA) is 49.3 Å². The lowest BCUT2D eigenvalue weighted by Crippen LogP contribution is -2.20. The van der Waals surface area contributed by atoms with Crippen LogP contribution < -0.4 is 5.32 Å². The highest BCUT2D eigenvalue weighted by atomic mass is 16.3. The molecule has 0 heterocycles. The van der Waals surface area contributed by atoms with Crippen molar-refractivity contribution in [1.29, 1.82) is 0 Å². The average molecular weight is 193 g/mol. The molecule has 0 unspecified atom stereocenters. The second-order valence-corrected chi connectivity index (χ2v) is 3.29. The Morgan fingerprint density at radius 2 is 2.14 bits per heavy atom. The normalized spacial score (nSPS) is 12.2. The largest absolute Gasteiger partial charge is 0.393 e. The Labute approximate surface area is 83.8 Å². The van der Waals surface area contributed by atoms with E-state index in [1.807, 2.05) is 18.2 Å². The van der Waals surface area contributed by atoms with Crippen LogP contribution in [0.3, 0.4) is 0 Å².